The number of nitrogens with zero attached hydrogens (tertiary/aromatic N) is 3. The number of carboxylic acids is 1. The molecule has 3 aromatic rings. The van der Waals surface area contributed by atoms with E-state index in [9.17, 15) is 28.2 Å². The van der Waals surface area contributed by atoms with E-state index in [2.05, 4.69) is 20.3 Å². The second kappa shape index (κ2) is 10.1. The summed E-state index contributed by atoms with van der Waals surface area (Å²) in [6.07, 6.45) is 0.922. The third kappa shape index (κ3) is 5.52. The predicted octanol–water partition coefficient (Wildman–Crippen LogP) is 6.16. The molecule has 2 aromatic heterocycles. The molecule has 3 N–H and O–H groups in total. The van der Waals surface area contributed by atoms with Crippen LogP contribution in [0.3, 0.4) is 0 Å². The molecule has 1 atom stereocenters. The van der Waals surface area contributed by atoms with Crippen molar-refractivity contribution in [3.05, 3.63) is 52.9 Å². The van der Waals surface area contributed by atoms with Crippen molar-refractivity contribution in [2.45, 2.75) is 57.7 Å². The average molecular weight is 521 g/mol. The van der Waals surface area contributed by atoms with E-state index < -0.39 is 23.4 Å². The van der Waals surface area contributed by atoms with E-state index in [4.69, 9.17) is 0 Å². The maximum atomic E-state index is 13.0. The van der Waals surface area contributed by atoms with Crippen LogP contribution in [-0.4, -0.2) is 31.1 Å². The summed E-state index contributed by atoms with van der Waals surface area (Å²) in [7, 11) is 0. The lowest BCUT2D eigenvalue weighted by molar-refractivity contribution is -0.144. The molecular weight excluding hydrogens is 493 g/mol. The number of nitrogens with one attached hydrogen (secondary N) is 1. The van der Waals surface area contributed by atoms with Gasteiger partial charge in [-0.3, -0.25) is 4.79 Å². The van der Waals surface area contributed by atoms with Crippen molar-refractivity contribution < 1.29 is 28.2 Å². The number of rotatable bonds is 7. The van der Waals surface area contributed by atoms with Gasteiger partial charge in [0, 0.05) is 18.1 Å². The van der Waals surface area contributed by atoms with Crippen LogP contribution in [0.1, 0.15) is 55.3 Å². The smallest absolute Gasteiger partial charge is 0.433 e. The number of anilines is 2. The molecule has 0 spiro atoms. The zero-order valence-corrected chi connectivity index (χ0v) is 20.7. The topological polar surface area (TPSA) is 108 Å². The molecule has 0 saturated heterocycles. The first-order valence-electron chi connectivity index (χ1n) is 11.7. The third-order valence-electron chi connectivity index (χ3n) is 6.73. The molecule has 0 radical (unpaired) electrons. The first kappa shape index (κ1) is 26.0. The van der Waals surface area contributed by atoms with Gasteiger partial charge in [-0.25, -0.2) is 15.0 Å². The highest BCUT2D eigenvalue weighted by Crippen LogP contribution is 2.45. The van der Waals surface area contributed by atoms with Crippen LogP contribution < -0.4 is 5.32 Å². The Hall–Kier alpha value is -3.05. The predicted molar refractivity (Wildman–Crippen MR) is 130 cm³/mol. The van der Waals surface area contributed by atoms with Crippen LogP contribution in [0.4, 0.5) is 24.8 Å². The zero-order valence-electron chi connectivity index (χ0n) is 19.8. The fourth-order valence-electron chi connectivity index (χ4n) is 4.74. The number of hydrogen-bond acceptors (Lipinski definition) is 7. The quantitative estimate of drug-likeness (QED) is 0.342. The summed E-state index contributed by atoms with van der Waals surface area (Å²) >= 11 is 1.36. The van der Waals surface area contributed by atoms with Crippen molar-refractivity contribution in [2.24, 2.45) is 11.8 Å². The number of aryl methyl sites for hydroxylation is 1. The summed E-state index contributed by atoms with van der Waals surface area (Å²) in [6, 6.07) is 6.29. The van der Waals surface area contributed by atoms with Crippen molar-refractivity contribution in [3.8, 4) is 10.4 Å². The average Bonchev–Trinajstić information content (AvgIpc) is 3.34. The Morgan fingerprint density at radius 2 is 1.89 bits per heavy atom. The summed E-state index contributed by atoms with van der Waals surface area (Å²) in [5.74, 6) is -1.40. The van der Waals surface area contributed by atoms with E-state index >= 15 is 0 Å². The number of carbonyl (C=O) groups is 1. The fraction of sp³-hybridized carbons (Fsp3) is 0.440. The monoisotopic (exact) mass is 520 g/mol. The zero-order chi connectivity index (χ0) is 26.1. The lowest BCUT2D eigenvalue weighted by Crippen LogP contribution is -2.37. The summed E-state index contributed by atoms with van der Waals surface area (Å²) in [6.45, 7) is 3.76. The number of aliphatic hydroxyl groups is 1. The number of carboxylic acid groups (broad SMARTS) is 1. The molecule has 0 amide bonds. The Morgan fingerprint density at radius 1 is 1.17 bits per heavy atom. The SMILES string of the molecule is CCC(O)(c1ncc(-c2cc(C)cc(Nc3nccc(C(F)(F)F)n3)c2)s1)C1CCC(C(=O)O)CC1. The standard InChI is InChI=1S/C25H27F3N4O3S/c1-3-24(35,17-6-4-15(5-7-17)21(33)34)22-30-13-19(36-22)16-10-14(2)11-18(12-16)31-23-29-9-8-20(32-23)25(26,27)28/h8-13,15,17,35H,3-7H2,1-2H3,(H,33,34)(H,29,31,32). The highest BCUT2D eigenvalue weighted by Gasteiger charge is 2.42. The first-order chi connectivity index (χ1) is 17.0. The van der Waals surface area contributed by atoms with Crippen LogP contribution in [0.15, 0.2) is 36.7 Å². The van der Waals surface area contributed by atoms with Gasteiger partial charge in [-0.15, -0.1) is 11.3 Å². The molecule has 1 fully saturated rings. The third-order valence-corrected chi connectivity index (χ3v) is 7.94. The normalized spacial score (nSPS) is 20.1. The second-order valence-electron chi connectivity index (χ2n) is 9.17. The Balaban J connectivity index is 1.57. The van der Waals surface area contributed by atoms with Gasteiger partial charge in [0.25, 0.3) is 0 Å². The number of halogens is 3. The lowest BCUT2D eigenvalue weighted by Gasteiger charge is -2.37. The molecule has 0 bridgehead atoms. The summed E-state index contributed by atoms with van der Waals surface area (Å²) < 4.78 is 39.0. The van der Waals surface area contributed by atoms with Crippen molar-refractivity contribution in [1.82, 2.24) is 15.0 Å². The summed E-state index contributed by atoms with van der Waals surface area (Å²) in [4.78, 5) is 24.1. The Kier molecular flexibility index (Phi) is 7.33. The molecule has 36 heavy (non-hydrogen) atoms. The number of aromatic nitrogens is 3. The van der Waals surface area contributed by atoms with E-state index in [0.29, 0.717) is 42.8 Å². The maximum Gasteiger partial charge on any atom is 0.433 e. The van der Waals surface area contributed by atoms with E-state index in [0.717, 1.165) is 28.3 Å². The van der Waals surface area contributed by atoms with Crippen LogP contribution in [0.25, 0.3) is 10.4 Å². The molecule has 1 aliphatic carbocycles. The van der Waals surface area contributed by atoms with Crippen LogP contribution in [0.5, 0.6) is 0 Å². The Bertz CT molecular complexity index is 1240. The number of hydrogen-bond donors (Lipinski definition) is 3. The van der Waals surface area contributed by atoms with Crippen LogP contribution in [-0.2, 0) is 16.6 Å². The molecule has 2 heterocycles. The van der Waals surface area contributed by atoms with E-state index in [1.54, 1.807) is 18.3 Å². The van der Waals surface area contributed by atoms with Gasteiger partial charge >= 0.3 is 12.1 Å². The number of aliphatic carboxylic acids is 1. The Labute approximate surface area is 210 Å². The van der Waals surface area contributed by atoms with Crippen LogP contribution in [0.2, 0.25) is 0 Å². The van der Waals surface area contributed by atoms with Crippen LogP contribution in [0, 0.1) is 18.8 Å². The highest BCUT2D eigenvalue weighted by atomic mass is 32.1. The number of benzene rings is 1. The second-order valence-corrected chi connectivity index (χ2v) is 10.2. The number of thiazole rings is 1. The van der Waals surface area contributed by atoms with Gasteiger partial charge in [-0.2, -0.15) is 13.2 Å². The molecule has 1 aromatic carbocycles. The molecule has 4 rings (SSSR count). The van der Waals surface area contributed by atoms with Crippen molar-refractivity contribution in [1.29, 1.82) is 0 Å². The molecule has 1 saturated carbocycles. The summed E-state index contributed by atoms with van der Waals surface area (Å²) in [5.41, 5.74) is 0.00701. The molecule has 7 nitrogen and oxygen atoms in total. The molecule has 192 valence electrons. The molecule has 0 aliphatic heterocycles. The minimum Gasteiger partial charge on any atom is -0.481 e. The number of alkyl halides is 3. The lowest BCUT2D eigenvalue weighted by atomic mass is 9.72. The van der Waals surface area contributed by atoms with Gasteiger partial charge in [0.15, 0.2) is 0 Å². The molecular formula is C25H27F3N4O3S. The van der Waals surface area contributed by atoms with E-state index in [1.165, 1.54) is 11.3 Å². The molecule has 11 heteroatoms. The van der Waals surface area contributed by atoms with Gasteiger partial charge in [0.2, 0.25) is 5.95 Å². The van der Waals surface area contributed by atoms with E-state index in [1.807, 2.05) is 19.9 Å². The maximum absolute atomic E-state index is 13.0. The van der Waals surface area contributed by atoms with Gasteiger partial charge in [0.05, 0.1) is 10.8 Å². The largest absolute Gasteiger partial charge is 0.481 e. The van der Waals surface area contributed by atoms with Gasteiger partial charge in [-0.1, -0.05) is 13.0 Å². The van der Waals surface area contributed by atoms with Crippen molar-refractivity contribution in [3.63, 3.8) is 0 Å². The minimum absolute atomic E-state index is 0.0788. The van der Waals surface area contributed by atoms with Crippen molar-refractivity contribution in [2.75, 3.05) is 5.32 Å². The van der Waals surface area contributed by atoms with Gasteiger partial charge < -0.3 is 15.5 Å². The minimum atomic E-state index is -4.57. The van der Waals surface area contributed by atoms with E-state index in [-0.39, 0.29) is 17.8 Å². The van der Waals surface area contributed by atoms with Gasteiger partial charge in [0.1, 0.15) is 16.3 Å². The fourth-order valence-corrected chi connectivity index (χ4v) is 5.89. The highest BCUT2D eigenvalue weighted by molar-refractivity contribution is 7.15. The Morgan fingerprint density at radius 3 is 2.53 bits per heavy atom. The summed E-state index contributed by atoms with van der Waals surface area (Å²) in [5, 5.41) is 24.3. The molecule has 1 unspecified atom stereocenters. The molecule has 1 aliphatic rings. The first-order valence-corrected chi connectivity index (χ1v) is 12.5. The van der Waals surface area contributed by atoms with Crippen molar-refractivity contribution >= 4 is 28.9 Å². The van der Waals surface area contributed by atoms with Gasteiger partial charge in [-0.05, 0) is 74.3 Å². The van der Waals surface area contributed by atoms with Crippen LogP contribution >= 0.6 is 11.3 Å².